The van der Waals surface area contributed by atoms with E-state index in [1.54, 1.807) is 6.07 Å². The van der Waals surface area contributed by atoms with Gasteiger partial charge >= 0.3 is 6.03 Å². The first-order valence-corrected chi connectivity index (χ1v) is 10.0. The van der Waals surface area contributed by atoms with E-state index >= 15 is 0 Å². The fraction of sp³-hybridized carbons (Fsp3) is 0.0909. The average Bonchev–Trinajstić information content (AvgIpc) is 3.26. The first kappa shape index (κ1) is 19.5. The Bertz CT molecular complexity index is 1140. The molecule has 3 aromatic rings. The van der Waals surface area contributed by atoms with Gasteiger partial charge in [-0.1, -0.05) is 45.7 Å². The highest BCUT2D eigenvalue weighted by Crippen LogP contribution is 2.29. The van der Waals surface area contributed by atoms with Crippen LogP contribution in [0.15, 0.2) is 69.2 Å². The maximum atomic E-state index is 12.7. The number of furan rings is 1. The molecule has 1 fully saturated rings. The molecule has 0 aliphatic carbocycles. The van der Waals surface area contributed by atoms with Crippen LogP contribution in [0, 0.1) is 6.92 Å². The molecule has 0 spiro atoms. The second-order valence-electron chi connectivity index (χ2n) is 6.67. The largest absolute Gasteiger partial charge is 0.457 e. The van der Waals surface area contributed by atoms with Gasteiger partial charge in [0.2, 0.25) is 0 Å². The van der Waals surface area contributed by atoms with Crippen molar-refractivity contribution in [1.29, 1.82) is 0 Å². The Morgan fingerprint density at radius 2 is 1.86 bits per heavy atom. The van der Waals surface area contributed by atoms with E-state index in [-0.39, 0.29) is 12.2 Å². The summed E-state index contributed by atoms with van der Waals surface area (Å²) >= 11 is 9.45. The maximum absolute atomic E-state index is 12.7. The fourth-order valence-corrected chi connectivity index (χ4v) is 3.50. The van der Waals surface area contributed by atoms with E-state index < -0.39 is 11.9 Å². The quantitative estimate of drug-likeness (QED) is 0.388. The number of hydrogen-bond donors (Lipinski definition) is 1. The van der Waals surface area contributed by atoms with Gasteiger partial charge in [-0.3, -0.25) is 9.69 Å². The third-order valence-electron chi connectivity index (χ3n) is 4.59. The van der Waals surface area contributed by atoms with Crippen LogP contribution in [-0.4, -0.2) is 16.8 Å². The molecule has 146 valence electrons. The monoisotopic (exact) mass is 470 g/mol. The summed E-state index contributed by atoms with van der Waals surface area (Å²) < 4.78 is 6.79. The van der Waals surface area contributed by atoms with Crippen LogP contribution >= 0.6 is 27.5 Å². The van der Waals surface area contributed by atoms with Gasteiger partial charge in [0.25, 0.3) is 5.91 Å². The van der Waals surface area contributed by atoms with Crippen molar-refractivity contribution in [3.8, 4) is 11.3 Å². The van der Waals surface area contributed by atoms with E-state index in [9.17, 15) is 9.59 Å². The van der Waals surface area contributed by atoms with Crippen LogP contribution in [0.3, 0.4) is 0 Å². The normalized spacial score (nSPS) is 15.3. The minimum Gasteiger partial charge on any atom is -0.457 e. The van der Waals surface area contributed by atoms with E-state index in [1.807, 2.05) is 55.5 Å². The number of carbonyl (C=O) groups excluding carboxylic acids is 2. The van der Waals surface area contributed by atoms with Crippen molar-refractivity contribution >= 4 is 45.5 Å². The van der Waals surface area contributed by atoms with Crippen molar-refractivity contribution < 1.29 is 14.0 Å². The molecule has 1 aliphatic rings. The molecule has 0 bridgehead atoms. The minimum absolute atomic E-state index is 0.177. The molecule has 2 heterocycles. The Labute approximate surface area is 181 Å². The highest BCUT2D eigenvalue weighted by Gasteiger charge is 2.33. The summed E-state index contributed by atoms with van der Waals surface area (Å²) in [6, 6.07) is 16.1. The number of aryl methyl sites for hydroxylation is 1. The van der Waals surface area contributed by atoms with Gasteiger partial charge in [0, 0.05) is 21.1 Å². The highest BCUT2D eigenvalue weighted by atomic mass is 79.9. The second-order valence-corrected chi connectivity index (χ2v) is 8.02. The zero-order valence-electron chi connectivity index (χ0n) is 15.4. The van der Waals surface area contributed by atoms with Gasteiger partial charge in [-0.15, -0.1) is 0 Å². The number of hydrogen-bond acceptors (Lipinski definition) is 3. The summed E-state index contributed by atoms with van der Waals surface area (Å²) in [5.41, 5.74) is 2.93. The van der Waals surface area contributed by atoms with E-state index in [1.165, 1.54) is 11.0 Å². The number of nitrogens with one attached hydrogen (secondary N) is 1. The standard InChI is InChI=1S/C22H16BrClN2O3/c1-13-2-7-16(24)10-18(13)20-9-8-17(29-20)11-19-21(27)26(22(28)25-19)12-14-3-5-15(23)6-4-14/h2-11H,12H2,1H3,(H,25,28)/b19-11+. The van der Waals surface area contributed by atoms with Crippen molar-refractivity contribution in [3.05, 3.63) is 86.7 Å². The number of urea groups is 1. The van der Waals surface area contributed by atoms with Crippen molar-refractivity contribution in [2.75, 3.05) is 0 Å². The summed E-state index contributed by atoms with van der Waals surface area (Å²) in [4.78, 5) is 26.1. The zero-order valence-corrected chi connectivity index (χ0v) is 17.8. The summed E-state index contributed by atoms with van der Waals surface area (Å²) in [6.07, 6.45) is 1.53. The topological polar surface area (TPSA) is 62.6 Å². The molecule has 0 atom stereocenters. The molecule has 1 aliphatic heterocycles. The molecule has 3 amide bonds. The lowest BCUT2D eigenvalue weighted by Gasteiger charge is -2.11. The summed E-state index contributed by atoms with van der Waals surface area (Å²) in [5, 5.41) is 3.23. The molecule has 1 aromatic heterocycles. The Morgan fingerprint density at radius 3 is 2.62 bits per heavy atom. The Kier molecular flexibility index (Phi) is 5.30. The molecule has 1 N–H and O–H groups in total. The lowest BCUT2D eigenvalue weighted by Crippen LogP contribution is -2.30. The number of carbonyl (C=O) groups is 2. The van der Waals surface area contributed by atoms with Gasteiger partial charge in [0.1, 0.15) is 17.2 Å². The van der Waals surface area contributed by atoms with Crippen molar-refractivity contribution in [2.24, 2.45) is 0 Å². The number of imide groups is 1. The summed E-state index contributed by atoms with van der Waals surface area (Å²) in [7, 11) is 0. The van der Waals surface area contributed by atoms with Crippen LogP contribution in [0.1, 0.15) is 16.9 Å². The molecular weight excluding hydrogens is 456 g/mol. The van der Waals surface area contributed by atoms with Crippen molar-refractivity contribution in [2.45, 2.75) is 13.5 Å². The van der Waals surface area contributed by atoms with Gasteiger partial charge < -0.3 is 9.73 Å². The van der Waals surface area contributed by atoms with E-state index in [0.29, 0.717) is 16.5 Å². The molecule has 5 nitrogen and oxygen atoms in total. The smallest absolute Gasteiger partial charge is 0.329 e. The van der Waals surface area contributed by atoms with Gasteiger partial charge in [-0.2, -0.15) is 0 Å². The maximum Gasteiger partial charge on any atom is 0.329 e. The fourth-order valence-electron chi connectivity index (χ4n) is 3.06. The predicted molar refractivity (Wildman–Crippen MR) is 115 cm³/mol. The van der Waals surface area contributed by atoms with Gasteiger partial charge in [0.05, 0.1) is 6.54 Å². The Morgan fingerprint density at radius 1 is 1.10 bits per heavy atom. The number of halogens is 2. The van der Waals surface area contributed by atoms with E-state index in [4.69, 9.17) is 16.0 Å². The van der Waals surface area contributed by atoms with Crippen molar-refractivity contribution in [1.82, 2.24) is 10.2 Å². The van der Waals surface area contributed by atoms with Crippen LogP contribution in [0.25, 0.3) is 17.4 Å². The SMILES string of the molecule is Cc1ccc(Cl)cc1-c1ccc(/C=C2/NC(=O)N(Cc3ccc(Br)cc3)C2=O)o1. The van der Waals surface area contributed by atoms with E-state index in [2.05, 4.69) is 21.2 Å². The summed E-state index contributed by atoms with van der Waals surface area (Å²) in [5.74, 6) is 0.712. The third-order valence-corrected chi connectivity index (χ3v) is 5.36. The molecule has 4 rings (SSSR count). The average molecular weight is 472 g/mol. The molecule has 0 unspecified atom stereocenters. The van der Waals surface area contributed by atoms with Crippen LogP contribution < -0.4 is 5.32 Å². The molecule has 7 heteroatoms. The molecule has 1 saturated heterocycles. The van der Waals surface area contributed by atoms with Gasteiger partial charge in [-0.05, 0) is 54.4 Å². The zero-order chi connectivity index (χ0) is 20.5. The van der Waals surface area contributed by atoms with Crippen molar-refractivity contribution in [3.63, 3.8) is 0 Å². The summed E-state index contributed by atoms with van der Waals surface area (Å²) in [6.45, 7) is 2.16. The molecule has 2 aromatic carbocycles. The van der Waals surface area contributed by atoms with Gasteiger partial charge in [0.15, 0.2) is 0 Å². The molecule has 29 heavy (non-hydrogen) atoms. The Hall–Kier alpha value is -2.83. The second kappa shape index (κ2) is 7.89. The number of nitrogens with zero attached hydrogens (tertiary/aromatic N) is 1. The number of rotatable bonds is 4. The number of benzene rings is 2. The van der Waals surface area contributed by atoms with Gasteiger partial charge in [-0.25, -0.2) is 4.79 Å². The van der Waals surface area contributed by atoms with E-state index in [0.717, 1.165) is 21.2 Å². The van der Waals surface area contributed by atoms with Crippen LogP contribution in [0.4, 0.5) is 4.79 Å². The molecule has 0 radical (unpaired) electrons. The van der Waals surface area contributed by atoms with Crippen LogP contribution in [0.5, 0.6) is 0 Å². The Balaban J connectivity index is 1.55. The molecule has 0 saturated carbocycles. The third kappa shape index (κ3) is 4.13. The lowest BCUT2D eigenvalue weighted by molar-refractivity contribution is -0.123. The minimum atomic E-state index is -0.457. The highest BCUT2D eigenvalue weighted by molar-refractivity contribution is 9.10. The van der Waals surface area contributed by atoms with Crippen LogP contribution in [-0.2, 0) is 11.3 Å². The number of amides is 3. The lowest BCUT2D eigenvalue weighted by atomic mass is 10.1. The molecular formula is C22H16BrClN2O3. The van der Waals surface area contributed by atoms with Crippen LogP contribution in [0.2, 0.25) is 5.02 Å². The first-order valence-electron chi connectivity index (χ1n) is 8.86. The first-order chi connectivity index (χ1) is 13.9. The predicted octanol–water partition coefficient (Wildman–Crippen LogP) is 5.76.